The largest absolute Gasteiger partial charge is 0.338 e. The van der Waals surface area contributed by atoms with E-state index in [1.807, 2.05) is 19.3 Å². The molecule has 2 unspecified atom stereocenters. The third-order valence-electron chi connectivity index (χ3n) is 4.61. The first-order chi connectivity index (χ1) is 9.74. The summed E-state index contributed by atoms with van der Waals surface area (Å²) in [5.74, 6) is 1.35. The molecule has 1 aromatic heterocycles. The lowest BCUT2D eigenvalue weighted by atomic mass is 10.1. The van der Waals surface area contributed by atoms with Crippen molar-refractivity contribution < 1.29 is 4.79 Å². The monoisotopic (exact) mass is 276 g/mol. The molecule has 2 aliphatic heterocycles. The van der Waals surface area contributed by atoms with Gasteiger partial charge in [0, 0.05) is 44.0 Å². The number of nitrogens with one attached hydrogen (secondary N) is 1. The summed E-state index contributed by atoms with van der Waals surface area (Å²) in [6, 6.07) is 0.746. The molecule has 20 heavy (non-hydrogen) atoms. The number of likely N-dealkylation sites (tertiary alicyclic amines) is 1. The summed E-state index contributed by atoms with van der Waals surface area (Å²) < 4.78 is 2.16. The average molecular weight is 276 g/mol. The highest BCUT2D eigenvalue weighted by atomic mass is 16.2. The van der Waals surface area contributed by atoms with Crippen LogP contribution in [0.25, 0.3) is 0 Å². The molecule has 3 heterocycles. The van der Waals surface area contributed by atoms with Crippen LogP contribution in [0.2, 0.25) is 0 Å². The van der Waals surface area contributed by atoms with Crippen LogP contribution in [0.5, 0.6) is 0 Å². The molecule has 2 atom stereocenters. The van der Waals surface area contributed by atoms with Crippen molar-refractivity contribution >= 4 is 5.91 Å². The molecule has 0 radical (unpaired) electrons. The minimum Gasteiger partial charge on any atom is -0.338 e. The highest BCUT2D eigenvalue weighted by Crippen LogP contribution is 2.22. The fraction of sp³-hybridized carbons (Fsp3) is 0.733. The Morgan fingerprint density at radius 1 is 1.45 bits per heavy atom. The van der Waals surface area contributed by atoms with Gasteiger partial charge in [-0.25, -0.2) is 4.98 Å². The van der Waals surface area contributed by atoms with Gasteiger partial charge < -0.3 is 14.8 Å². The molecule has 0 saturated carbocycles. The Morgan fingerprint density at radius 2 is 2.35 bits per heavy atom. The second-order valence-corrected chi connectivity index (χ2v) is 6.01. The second-order valence-electron chi connectivity index (χ2n) is 6.01. The topological polar surface area (TPSA) is 50.2 Å². The van der Waals surface area contributed by atoms with Gasteiger partial charge in [0.15, 0.2) is 0 Å². The molecule has 0 spiro atoms. The minimum absolute atomic E-state index is 0.324. The standard InChI is InChI=1S/C15H24N4O/c1-12-16-7-9-18(12)11-14-5-3-8-19(14)15(20)10-13-4-2-6-17-13/h7,9,13-14,17H,2-6,8,10-11H2,1H3. The van der Waals surface area contributed by atoms with Crippen molar-refractivity contribution in [1.82, 2.24) is 19.8 Å². The Morgan fingerprint density at radius 3 is 3.05 bits per heavy atom. The normalized spacial score (nSPS) is 26.4. The van der Waals surface area contributed by atoms with E-state index < -0.39 is 0 Å². The van der Waals surface area contributed by atoms with Crippen molar-refractivity contribution in [2.75, 3.05) is 13.1 Å². The number of aromatic nitrogens is 2. The maximum absolute atomic E-state index is 12.5. The maximum Gasteiger partial charge on any atom is 0.224 e. The Kier molecular flexibility index (Phi) is 4.05. The van der Waals surface area contributed by atoms with Gasteiger partial charge >= 0.3 is 0 Å². The van der Waals surface area contributed by atoms with Crippen LogP contribution in [0.1, 0.15) is 37.9 Å². The summed E-state index contributed by atoms with van der Waals surface area (Å²) in [5, 5.41) is 3.42. The van der Waals surface area contributed by atoms with Crippen LogP contribution in [-0.4, -0.2) is 45.5 Å². The molecule has 1 aromatic rings. The first kappa shape index (κ1) is 13.6. The minimum atomic E-state index is 0.324. The zero-order valence-corrected chi connectivity index (χ0v) is 12.2. The van der Waals surface area contributed by atoms with Gasteiger partial charge in [-0.2, -0.15) is 0 Å². The van der Waals surface area contributed by atoms with Crippen LogP contribution in [0, 0.1) is 6.92 Å². The predicted molar refractivity (Wildman–Crippen MR) is 77.3 cm³/mol. The highest BCUT2D eigenvalue weighted by Gasteiger charge is 2.30. The van der Waals surface area contributed by atoms with E-state index >= 15 is 0 Å². The lowest BCUT2D eigenvalue weighted by Gasteiger charge is -2.26. The fourth-order valence-corrected chi connectivity index (χ4v) is 3.44. The molecule has 1 amide bonds. The third-order valence-corrected chi connectivity index (χ3v) is 4.61. The van der Waals surface area contributed by atoms with E-state index in [-0.39, 0.29) is 0 Å². The third kappa shape index (κ3) is 2.87. The van der Waals surface area contributed by atoms with Crippen LogP contribution < -0.4 is 5.32 Å². The quantitative estimate of drug-likeness (QED) is 0.902. The van der Waals surface area contributed by atoms with Crippen LogP contribution in [0.4, 0.5) is 0 Å². The van der Waals surface area contributed by atoms with Crippen LogP contribution in [-0.2, 0) is 11.3 Å². The van der Waals surface area contributed by atoms with Crippen molar-refractivity contribution in [3.8, 4) is 0 Å². The van der Waals surface area contributed by atoms with Crippen molar-refractivity contribution in [3.63, 3.8) is 0 Å². The highest BCUT2D eigenvalue weighted by molar-refractivity contribution is 5.77. The molecule has 1 N–H and O–H groups in total. The summed E-state index contributed by atoms with van der Waals surface area (Å²) in [5.41, 5.74) is 0. The first-order valence-corrected chi connectivity index (χ1v) is 7.74. The van der Waals surface area contributed by atoms with Crippen molar-refractivity contribution in [2.45, 2.75) is 57.7 Å². The molecule has 5 heteroatoms. The number of nitrogens with zero attached hydrogens (tertiary/aromatic N) is 3. The van der Waals surface area contributed by atoms with Gasteiger partial charge in [0.2, 0.25) is 5.91 Å². The molecule has 2 fully saturated rings. The van der Waals surface area contributed by atoms with Gasteiger partial charge in [-0.05, 0) is 39.2 Å². The van der Waals surface area contributed by atoms with E-state index in [1.54, 1.807) is 0 Å². The van der Waals surface area contributed by atoms with Gasteiger partial charge in [0.25, 0.3) is 0 Å². The molecule has 0 aromatic carbocycles. The SMILES string of the molecule is Cc1nccn1CC1CCCN1C(=O)CC1CCCN1. The number of imidazole rings is 1. The Labute approximate surface area is 120 Å². The van der Waals surface area contributed by atoms with Gasteiger partial charge in [-0.3, -0.25) is 4.79 Å². The lowest BCUT2D eigenvalue weighted by Crippen LogP contribution is -2.40. The summed E-state index contributed by atoms with van der Waals surface area (Å²) in [7, 11) is 0. The molecular weight excluding hydrogens is 252 g/mol. The number of carbonyl (C=O) groups excluding carboxylic acids is 1. The van der Waals surface area contributed by atoms with Gasteiger partial charge in [0.1, 0.15) is 5.82 Å². The summed E-state index contributed by atoms with van der Waals surface area (Å²) in [6.45, 7) is 4.89. The number of aryl methyl sites for hydroxylation is 1. The molecular formula is C15H24N4O. The Bertz CT molecular complexity index is 464. The number of rotatable bonds is 4. The van der Waals surface area contributed by atoms with Crippen LogP contribution >= 0.6 is 0 Å². The zero-order valence-electron chi connectivity index (χ0n) is 12.2. The molecule has 0 bridgehead atoms. The van der Waals surface area contributed by atoms with Crippen molar-refractivity contribution in [1.29, 1.82) is 0 Å². The van der Waals surface area contributed by atoms with Crippen molar-refractivity contribution in [3.05, 3.63) is 18.2 Å². The Hall–Kier alpha value is -1.36. The van der Waals surface area contributed by atoms with E-state index in [0.717, 1.165) is 44.7 Å². The molecule has 3 rings (SSSR count). The molecule has 2 aliphatic rings. The smallest absolute Gasteiger partial charge is 0.224 e. The fourth-order valence-electron chi connectivity index (χ4n) is 3.44. The molecule has 5 nitrogen and oxygen atoms in total. The van der Waals surface area contributed by atoms with E-state index in [9.17, 15) is 4.79 Å². The van der Waals surface area contributed by atoms with Crippen molar-refractivity contribution in [2.24, 2.45) is 0 Å². The van der Waals surface area contributed by atoms with E-state index in [4.69, 9.17) is 0 Å². The summed E-state index contributed by atoms with van der Waals surface area (Å²) in [4.78, 5) is 18.8. The number of amides is 1. The number of hydrogen-bond acceptors (Lipinski definition) is 3. The van der Waals surface area contributed by atoms with E-state index in [2.05, 4.69) is 19.8 Å². The van der Waals surface area contributed by atoms with Crippen LogP contribution in [0.15, 0.2) is 12.4 Å². The average Bonchev–Trinajstić information content (AvgIpc) is 3.13. The van der Waals surface area contributed by atoms with Gasteiger partial charge in [0.05, 0.1) is 0 Å². The van der Waals surface area contributed by atoms with E-state index in [0.29, 0.717) is 24.4 Å². The summed E-state index contributed by atoms with van der Waals surface area (Å²) >= 11 is 0. The zero-order chi connectivity index (χ0) is 13.9. The molecule has 0 aliphatic carbocycles. The first-order valence-electron chi connectivity index (χ1n) is 7.74. The maximum atomic E-state index is 12.5. The Balaban J connectivity index is 1.60. The second kappa shape index (κ2) is 5.95. The molecule has 110 valence electrons. The summed E-state index contributed by atoms with van der Waals surface area (Å²) in [6.07, 6.45) is 9.09. The number of hydrogen-bond donors (Lipinski definition) is 1. The number of carbonyl (C=O) groups is 1. The lowest BCUT2D eigenvalue weighted by molar-refractivity contribution is -0.132. The van der Waals surface area contributed by atoms with Gasteiger partial charge in [-0.1, -0.05) is 0 Å². The predicted octanol–water partition coefficient (Wildman–Crippen LogP) is 1.32. The molecule has 2 saturated heterocycles. The van der Waals surface area contributed by atoms with E-state index in [1.165, 1.54) is 6.42 Å². The van der Waals surface area contributed by atoms with Gasteiger partial charge in [-0.15, -0.1) is 0 Å². The van der Waals surface area contributed by atoms with Crippen LogP contribution in [0.3, 0.4) is 0 Å².